The van der Waals surface area contributed by atoms with E-state index >= 15 is 0 Å². The number of hydrogen-bond donors (Lipinski definition) is 2. The number of imide groups is 1. The highest BCUT2D eigenvalue weighted by atomic mass is 35.5. The Morgan fingerprint density at radius 3 is 2.32 bits per heavy atom. The summed E-state index contributed by atoms with van der Waals surface area (Å²) in [5, 5.41) is 5.56. The van der Waals surface area contributed by atoms with Gasteiger partial charge in [0.25, 0.3) is 0 Å². The monoisotopic (exact) mass is 361 g/mol. The van der Waals surface area contributed by atoms with Gasteiger partial charge in [0.15, 0.2) is 0 Å². The summed E-state index contributed by atoms with van der Waals surface area (Å²) in [5.41, 5.74) is 1.60. The van der Waals surface area contributed by atoms with Crippen LogP contribution in [0.3, 0.4) is 0 Å². The van der Waals surface area contributed by atoms with Crippen molar-refractivity contribution in [2.75, 3.05) is 26.0 Å². The quantitative estimate of drug-likeness (QED) is 0.829. The fraction of sp³-hybridized carbons (Fsp3) is 0.222. The van der Waals surface area contributed by atoms with Crippen LogP contribution in [-0.4, -0.2) is 37.5 Å². The molecule has 2 aromatic carbocycles. The molecule has 0 atom stereocenters. The van der Waals surface area contributed by atoms with Gasteiger partial charge in [0.2, 0.25) is 5.91 Å². The Kier molecular flexibility index (Phi) is 6.80. The normalized spacial score (nSPS) is 10.4. The highest BCUT2D eigenvalue weighted by Crippen LogP contribution is 2.14. The smallest absolute Gasteiger partial charge is 0.325 e. The number of carbonyl (C=O) groups excluding carboxylic acids is 2. The first kappa shape index (κ1) is 18.8. The minimum Gasteiger partial charge on any atom is -0.497 e. The Bertz CT molecular complexity index is 717. The van der Waals surface area contributed by atoms with Crippen LogP contribution in [0.1, 0.15) is 5.56 Å². The van der Waals surface area contributed by atoms with Crippen molar-refractivity contribution in [3.63, 3.8) is 0 Å². The third kappa shape index (κ3) is 6.45. The van der Waals surface area contributed by atoms with Crippen molar-refractivity contribution in [3.05, 3.63) is 59.1 Å². The number of rotatable bonds is 6. The Morgan fingerprint density at radius 2 is 1.72 bits per heavy atom. The van der Waals surface area contributed by atoms with Crippen molar-refractivity contribution in [2.24, 2.45) is 0 Å². The number of carbonyl (C=O) groups is 2. The number of nitrogens with zero attached hydrogens (tertiary/aromatic N) is 1. The van der Waals surface area contributed by atoms with Crippen molar-refractivity contribution >= 4 is 29.2 Å². The number of benzene rings is 2. The largest absolute Gasteiger partial charge is 0.497 e. The van der Waals surface area contributed by atoms with Gasteiger partial charge >= 0.3 is 6.03 Å². The van der Waals surface area contributed by atoms with E-state index in [0.29, 0.717) is 23.0 Å². The Hall–Kier alpha value is -2.57. The molecule has 25 heavy (non-hydrogen) atoms. The lowest BCUT2D eigenvalue weighted by Crippen LogP contribution is -2.40. The van der Waals surface area contributed by atoms with E-state index in [4.69, 9.17) is 16.3 Å². The molecule has 0 aliphatic rings. The number of likely N-dealkylation sites (N-methyl/N-ethyl adjacent to an activating group) is 1. The molecule has 0 saturated carbocycles. The van der Waals surface area contributed by atoms with Gasteiger partial charge < -0.3 is 10.1 Å². The van der Waals surface area contributed by atoms with Gasteiger partial charge in [-0.05, 0) is 49.0 Å². The summed E-state index contributed by atoms with van der Waals surface area (Å²) >= 11 is 5.84. The van der Waals surface area contributed by atoms with Gasteiger partial charge in [0.05, 0.1) is 13.7 Å². The summed E-state index contributed by atoms with van der Waals surface area (Å²) in [7, 11) is 3.36. The van der Waals surface area contributed by atoms with Crippen LogP contribution in [0.2, 0.25) is 5.02 Å². The maximum absolute atomic E-state index is 11.9. The Balaban J connectivity index is 1.78. The summed E-state index contributed by atoms with van der Waals surface area (Å²) in [6.45, 7) is 0.670. The minimum absolute atomic E-state index is 0.0959. The maximum atomic E-state index is 11.9. The number of hydrogen-bond acceptors (Lipinski definition) is 4. The van der Waals surface area contributed by atoms with Gasteiger partial charge in [-0.1, -0.05) is 23.7 Å². The number of anilines is 1. The molecule has 2 N–H and O–H groups in total. The van der Waals surface area contributed by atoms with E-state index < -0.39 is 6.03 Å². The minimum atomic E-state index is -0.574. The fourth-order valence-electron chi connectivity index (χ4n) is 2.21. The molecular weight excluding hydrogens is 342 g/mol. The van der Waals surface area contributed by atoms with Crippen LogP contribution in [0.4, 0.5) is 10.5 Å². The predicted octanol–water partition coefficient (Wildman–Crippen LogP) is 3.13. The standard InChI is InChI=1S/C18H20ClN3O3/c1-22(11-13-3-5-14(19)6-4-13)12-17(23)21-18(24)20-15-7-9-16(25-2)10-8-15/h3-10H,11-12H2,1-2H3,(H2,20,21,23,24). The highest BCUT2D eigenvalue weighted by molar-refractivity contribution is 6.30. The molecule has 2 aromatic rings. The molecule has 7 heteroatoms. The molecule has 0 radical (unpaired) electrons. The lowest BCUT2D eigenvalue weighted by molar-refractivity contribution is -0.120. The Labute approximate surface area is 151 Å². The third-order valence-corrected chi connectivity index (χ3v) is 3.63. The van der Waals surface area contributed by atoms with E-state index in [0.717, 1.165) is 5.56 Å². The van der Waals surface area contributed by atoms with Crippen LogP contribution < -0.4 is 15.4 Å². The predicted molar refractivity (Wildman–Crippen MR) is 97.9 cm³/mol. The summed E-state index contributed by atoms with van der Waals surface area (Å²) in [4.78, 5) is 25.6. The number of halogens is 1. The first-order valence-corrected chi connectivity index (χ1v) is 8.02. The number of nitrogens with one attached hydrogen (secondary N) is 2. The molecule has 0 bridgehead atoms. The number of amides is 3. The summed E-state index contributed by atoms with van der Waals surface area (Å²) in [6.07, 6.45) is 0. The maximum Gasteiger partial charge on any atom is 0.325 e. The van der Waals surface area contributed by atoms with E-state index in [1.807, 2.05) is 12.1 Å². The molecule has 6 nitrogen and oxygen atoms in total. The van der Waals surface area contributed by atoms with E-state index in [2.05, 4.69) is 10.6 Å². The van der Waals surface area contributed by atoms with Crippen molar-refractivity contribution in [1.29, 1.82) is 0 Å². The molecular formula is C18H20ClN3O3. The van der Waals surface area contributed by atoms with Crippen LogP contribution in [0.5, 0.6) is 5.75 Å². The van der Waals surface area contributed by atoms with Gasteiger partial charge in [-0.2, -0.15) is 0 Å². The van der Waals surface area contributed by atoms with Crippen LogP contribution >= 0.6 is 11.6 Å². The van der Waals surface area contributed by atoms with Gasteiger partial charge in [0.1, 0.15) is 5.75 Å². The SMILES string of the molecule is COc1ccc(NC(=O)NC(=O)CN(C)Cc2ccc(Cl)cc2)cc1. The molecule has 0 aliphatic heterocycles. The number of ether oxygens (including phenoxy) is 1. The van der Waals surface area contributed by atoms with Crippen molar-refractivity contribution in [1.82, 2.24) is 10.2 Å². The molecule has 2 rings (SSSR count). The second kappa shape index (κ2) is 9.05. The van der Waals surface area contributed by atoms with Gasteiger partial charge in [-0.25, -0.2) is 4.79 Å². The zero-order chi connectivity index (χ0) is 18.2. The topological polar surface area (TPSA) is 70.7 Å². The lowest BCUT2D eigenvalue weighted by atomic mass is 10.2. The van der Waals surface area contributed by atoms with E-state index in [1.54, 1.807) is 55.5 Å². The summed E-state index contributed by atoms with van der Waals surface area (Å²) in [5.74, 6) is 0.299. The van der Waals surface area contributed by atoms with E-state index in [-0.39, 0.29) is 12.5 Å². The van der Waals surface area contributed by atoms with Gasteiger partial charge in [-0.15, -0.1) is 0 Å². The Morgan fingerprint density at radius 1 is 1.08 bits per heavy atom. The first-order valence-electron chi connectivity index (χ1n) is 7.64. The molecule has 0 spiro atoms. The molecule has 132 valence electrons. The van der Waals surface area contributed by atoms with Crippen LogP contribution in [-0.2, 0) is 11.3 Å². The molecule has 0 aromatic heterocycles. The first-order chi connectivity index (χ1) is 12.0. The molecule has 0 aliphatic carbocycles. The second-order valence-electron chi connectivity index (χ2n) is 5.53. The van der Waals surface area contributed by atoms with Crippen molar-refractivity contribution in [2.45, 2.75) is 6.54 Å². The fourth-order valence-corrected chi connectivity index (χ4v) is 2.33. The zero-order valence-electron chi connectivity index (χ0n) is 14.1. The molecule has 0 unspecified atom stereocenters. The third-order valence-electron chi connectivity index (χ3n) is 3.38. The molecule has 0 fully saturated rings. The lowest BCUT2D eigenvalue weighted by Gasteiger charge is -2.16. The average Bonchev–Trinajstić information content (AvgIpc) is 2.57. The second-order valence-corrected chi connectivity index (χ2v) is 5.97. The van der Waals surface area contributed by atoms with Crippen LogP contribution in [0, 0.1) is 0 Å². The number of methoxy groups -OCH3 is 1. The van der Waals surface area contributed by atoms with Gasteiger partial charge in [0, 0.05) is 17.3 Å². The highest BCUT2D eigenvalue weighted by Gasteiger charge is 2.11. The molecule has 0 heterocycles. The summed E-state index contributed by atoms with van der Waals surface area (Å²) in [6, 6.07) is 13.6. The zero-order valence-corrected chi connectivity index (χ0v) is 14.8. The summed E-state index contributed by atoms with van der Waals surface area (Å²) < 4.78 is 5.04. The number of urea groups is 1. The molecule has 0 saturated heterocycles. The van der Waals surface area contributed by atoms with E-state index in [1.165, 1.54) is 0 Å². The van der Waals surface area contributed by atoms with Crippen LogP contribution in [0.15, 0.2) is 48.5 Å². The van der Waals surface area contributed by atoms with Crippen LogP contribution in [0.25, 0.3) is 0 Å². The van der Waals surface area contributed by atoms with Crippen molar-refractivity contribution < 1.29 is 14.3 Å². The van der Waals surface area contributed by atoms with E-state index in [9.17, 15) is 9.59 Å². The molecule has 3 amide bonds. The average molecular weight is 362 g/mol. The van der Waals surface area contributed by atoms with Crippen molar-refractivity contribution in [3.8, 4) is 5.75 Å². The van der Waals surface area contributed by atoms with Gasteiger partial charge in [-0.3, -0.25) is 15.0 Å².